The van der Waals surface area contributed by atoms with E-state index in [4.69, 9.17) is 5.73 Å². The molecule has 0 spiro atoms. The van der Waals surface area contributed by atoms with Crippen LogP contribution in [0.1, 0.15) is 55.5 Å². The van der Waals surface area contributed by atoms with Gasteiger partial charge in [0.25, 0.3) is 0 Å². The van der Waals surface area contributed by atoms with Crippen molar-refractivity contribution < 1.29 is 4.79 Å². The molecule has 1 aliphatic heterocycles. The lowest BCUT2D eigenvalue weighted by Crippen LogP contribution is -2.39. The van der Waals surface area contributed by atoms with E-state index in [9.17, 15) is 4.79 Å². The van der Waals surface area contributed by atoms with Gasteiger partial charge in [-0.1, -0.05) is 38.1 Å². The summed E-state index contributed by atoms with van der Waals surface area (Å²) in [5.41, 5.74) is 7.84. The van der Waals surface area contributed by atoms with Gasteiger partial charge in [0.05, 0.1) is 0 Å². The van der Waals surface area contributed by atoms with Crippen LogP contribution in [0, 0.1) is 11.8 Å². The van der Waals surface area contributed by atoms with Crippen molar-refractivity contribution in [3.8, 4) is 0 Å². The number of piperidine rings is 1. The third-order valence-electron chi connectivity index (χ3n) is 5.54. The zero-order valence-electron chi connectivity index (χ0n) is 16.2. The second-order valence-electron chi connectivity index (χ2n) is 7.47. The van der Waals surface area contributed by atoms with Gasteiger partial charge in [0, 0.05) is 31.1 Å². The van der Waals surface area contributed by atoms with Gasteiger partial charge in [-0.3, -0.25) is 4.79 Å². The summed E-state index contributed by atoms with van der Waals surface area (Å²) in [6.07, 6.45) is 4.91. The molecule has 2 aromatic carbocycles. The first kappa shape index (κ1) is 19.1. The van der Waals surface area contributed by atoms with Crippen molar-refractivity contribution >= 4 is 16.6 Å². The standard InChI is InChI=1S/C21H26N2O.C2H6/c22-12-19-11-18(10-16-4-1-2-6-20(16)19)21(24)17-5-3-9-23(14-17)13-15-7-8-15;1-2/h1-2,4,6,10-11,15,17H,3,5,7-9,12-14,22H2;1-2H3. The van der Waals surface area contributed by atoms with Crippen LogP contribution < -0.4 is 5.73 Å². The van der Waals surface area contributed by atoms with E-state index >= 15 is 0 Å². The maximum Gasteiger partial charge on any atom is 0.167 e. The highest BCUT2D eigenvalue weighted by molar-refractivity contribution is 6.02. The third kappa shape index (κ3) is 4.33. The average Bonchev–Trinajstić information content (AvgIpc) is 3.52. The number of fused-ring (bicyclic) bond motifs is 1. The lowest BCUT2D eigenvalue weighted by Gasteiger charge is -2.32. The molecule has 1 atom stereocenters. The second kappa shape index (κ2) is 8.79. The van der Waals surface area contributed by atoms with Crippen LogP contribution in [0.4, 0.5) is 0 Å². The van der Waals surface area contributed by atoms with E-state index in [0.29, 0.717) is 12.3 Å². The van der Waals surface area contributed by atoms with E-state index in [1.165, 1.54) is 19.4 Å². The van der Waals surface area contributed by atoms with Crippen LogP contribution in [0.25, 0.3) is 10.8 Å². The minimum atomic E-state index is 0.143. The molecule has 0 aromatic heterocycles. The summed E-state index contributed by atoms with van der Waals surface area (Å²) < 4.78 is 0. The highest BCUT2D eigenvalue weighted by atomic mass is 16.1. The fourth-order valence-corrected chi connectivity index (χ4v) is 4.04. The summed E-state index contributed by atoms with van der Waals surface area (Å²) in [6.45, 7) is 7.75. The highest BCUT2D eigenvalue weighted by Crippen LogP contribution is 2.32. The van der Waals surface area contributed by atoms with Gasteiger partial charge in [-0.15, -0.1) is 0 Å². The molecular weight excluding hydrogens is 320 g/mol. The fraction of sp³-hybridized carbons (Fsp3) is 0.522. The number of nitrogens with zero attached hydrogens (tertiary/aromatic N) is 1. The molecular formula is C23H32N2O. The molecule has 0 bridgehead atoms. The Labute approximate surface area is 157 Å². The van der Waals surface area contributed by atoms with E-state index < -0.39 is 0 Å². The predicted octanol–water partition coefficient (Wildman–Crippen LogP) is 4.63. The molecule has 26 heavy (non-hydrogen) atoms. The Kier molecular flexibility index (Phi) is 6.44. The molecule has 0 amide bonds. The first-order chi connectivity index (χ1) is 12.7. The largest absolute Gasteiger partial charge is 0.326 e. The van der Waals surface area contributed by atoms with Crippen molar-refractivity contribution in [3.05, 3.63) is 47.5 Å². The smallest absolute Gasteiger partial charge is 0.167 e. The predicted molar refractivity (Wildman–Crippen MR) is 109 cm³/mol. The number of likely N-dealkylation sites (tertiary alicyclic amines) is 1. The van der Waals surface area contributed by atoms with E-state index in [2.05, 4.69) is 23.1 Å². The lowest BCUT2D eigenvalue weighted by atomic mass is 9.88. The molecule has 1 unspecified atom stereocenters. The fourth-order valence-electron chi connectivity index (χ4n) is 4.04. The molecule has 2 fully saturated rings. The van der Waals surface area contributed by atoms with Gasteiger partial charge in [0.2, 0.25) is 0 Å². The van der Waals surface area contributed by atoms with Gasteiger partial charge < -0.3 is 10.6 Å². The third-order valence-corrected chi connectivity index (χ3v) is 5.54. The molecule has 0 radical (unpaired) electrons. The topological polar surface area (TPSA) is 46.3 Å². The van der Waals surface area contributed by atoms with Crippen LogP contribution in [-0.4, -0.2) is 30.3 Å². The van der Waals surface area contributed by atoms with E-state index in [1.54, 1.807) is 0 Å². The monoisotopic (exact) mass is 352 g/mol. The summed E-state index contributed by atoms with van der Waals surface area (Å²) in [7, 11) is 0. The first-order valence-electron chi connectivity index (χ1n) is 10.2. The molecule has 2 aliphatic rings. The van der Waals surface area contributed by atoms with Gasteiger partial charge in [0.15, 0.2) is 5.78 Å². The Hall–Kier alpha value is -1.71. The zero-order valence-corrected chi connectivity index (χ0v) is 16.2. The van der Waals surface area contributed by atoms with Crippen LogP contribution in [-0.2, 0) is 6.54 Å². The summed E-state index contributed by atoms with van der Waals surface area (Å²) in [6, 6.07) is 12.3. The number of carbonyl (C=O) groups is 1. The molecule has 1 heterocycles. The Morgan fingerprint density at radius 3 is 2.65 bits per heavy atom. The molecule has 1 saturated carbocycles. The quantitative estimate of drug-likeness (QED) is 0.798. The summed E-state index contributed by atoms with van der Waals surface area (Å²) >= 11 is 0. The zero-order chi connectivity index (χ0) is 18.5. The lowest BCUT2D eigenvalue weighted by molar-refractivity contribution is 0.0814. The van der Waals surface area contributed by atoms with E-state index in [-0.39, 0.29) is 5.92 Å². The number of Topliss-reactive ketones (excluding diaryl/α,β-unsaturated/α-hetero) is 1. The summed E-state index contributed by atoms with van der Waals surface area (Å²) in [5.74, 6) is 1.34. The minimum Gasteiger partial charge on any atom is -0.326 e. The van der Waals surface area contributed by atoms with E-state index in [1.807, 2.05) is 32.0 Å². The van der Waals surface area contributed by atoms with Gasteiger partial charge in [-0.05, 0) is 66.6 Å². The number of benzene rings is 2. The van der Waals surface area contributed by atoms with Gasteiger partial charge in [-0.25, -0.2) is 0 Å². The van der Waals surface area contributed by atoms with Crippen LogP contribution in [0.3, 0.4) is 0 Å². The number of hydrogen-bond donors (Lipinski definition) is 1. The Morgan fingerprint density at radius 1 is 1.15 bits per heavy atom. The molecule has 2 N–H and O–H groups in total. The normalized spacial score (nSPS) is 20.5. The number of hydrogen-bond acceptors (Lipinski definition) is 3. The Balaban J connectivity index is 0.000000948. The Morgan fingerprint density at radius 2 is 1.92 bits per heavy atom. The van der Waals surface area contributed by atoms with Crippen molar-refractivity contribution in [2.75, 3.05) is 19.6 Å². The molecule has 3 heteroatoms. The van der Waals surface area contributed by atoms with Crippen molar-refractivity contribution in [1.82, 2.24) is 4.90 Å². The summed E-state index contributed by atoms with van der Waals surface area (Å²) in [4.78, 5) is 15.6. The van der Waals surface area contributed by atoms with Crippen molar-refractivity contribution in [2.45, 2.75) is 46.1 Å². The van der Waals surface area contributed by atoms with Crippen molar-refractivity contribution in [1.29, 1.82) is 0 Å². The number of carbonyl (C=O) groups excluding carboxylic acids is 1. The van der Waals surface area contributed by atoms with Crippen LogP contribution in [0.15, 0.2) is 36.4 Å². The molecule has 1 saturated heterocycles. The van der Waals surface area contributed by atoms with Crippen LogP contribution >= 0.6 is 0 Å². The number of rotatable bonds is 5. The molecule has 140 valence electrons. The van der Waals surface area contributed by atoms with Crippen LogP contribution in [0.2, 0.25) is 0 Å². The number of ketones is 1. The SMILES string of the molecule is CC.NCc1cc(C(=O)C2CCCN(CC3CC3)C2)cc2ccccc12. The van der Waals surface area contributed by atoms with Gasteiger partial charge in [0.1, 0.15) is 0 Å². The average molecular weight is 353 g/mol. The first-order valence-corrected chi connectivity index (χ1v) is 10.2. The van der Waals surface area contributed by atoms with Gasteiger partial charge >= 0.3 is 0 Å². The molecule has 2 aromatic rings. The molecule has 3 nitrogen and oxygen atoms in total. The highest BCUT2D eigenvalue weighted by Gasteiger charge is 2.30. The van der Waals surface area contributed by atoms with Crippen LogP contribution in [0.5, 0.6) is 0 Å². The molecule has 4 rings (SSSR count). The van der Waals surface area contributed by atoms with Gasteiger partial charge in [-0.2, -0.15) is 0 Å². The number of nitrogens with two attached hydrogens (primary N) is 1. The van der Waals surface area contributed by atoms with Crippen molar-refractivity contribution in [2.24, 2.45) is 17.6 Å². The molecule has 1 aliphatic carbocycles. The summed E-state index contributed by atoms with van der Waals surface area (Å²) in [5, 5.41) is 2.28. The van der Waals surface area contributed by atoms with E-state index in [0.717, 1.165) is 53.7 Å². The Bertz CT molecular complexity index is 751. The second-order valence-corrected chi connectivity index (χ2v) is 7.47. The van der Waals surface area contributed by atoms with Crippen molar-refractivity contribution in [3.63, 3.8) is 0 Å². The maximum atomic E-state index is 13.1. The maximum absolute atomic E-state index is 13.1. The minimum absolute atomic E-state index is 0.143.